The number of aromatic nitrogens is 3. The van der Waals surface area contributed by atoms with Crippen LogP contribution in [0.5, 0.6) is 0 Å². The number of aryl methyl sites for hydroxylation is 1. The SMILES string of the molecule is Cc1cccc(-c2cc3nc(-c4ccccc4)cc(N4CCC(O)CC4)n3n2)c1. The van der Waals surface area contributed by atoms with E-state index in [0.717, 1.165) is 59.9 Å². The van der Waals surface area contributed by atoms with Crippen LogP contribution in [0.2, 0.25) is 0 Å². The summed E-state index contributed by atoms with van der Waals surface area (Å²) in [5.74, 6) is 1.03. The molecule has 0 spiro atoms. The molecule has 0 bridgehead atoms. The van der Waals surface area contributed by atoms with Crippen LogP contribution in [0, 0.1) is 6.92 Å². The molecule has 4 aromatic rings. The Morgan fingerprint density at radius 1 is 0.862 bits per heavy atom. The van der Waals surface area contributed by atoms with Crippen molar-refractivity contribution in [3.63, 3.8) is 0 Å². The van der Waals surface area contributed by atoms with Gasteiger partial charge in [-0.25, -0.2) is 4.98 Å². The molecule has 146 valence electrons. The van der Waals surface area contributed by atoms with Gasteiger partial charge in [-0.3, -0.25) is 0 Å². The Balaban J connectivity index is 1.67. The van der Waals surface area contributed by atoms with Gasteiger partial charge in [-0.15, -0.1) is 0 Å². The van der Waals surface area contributed by atoms with E-state index in [-0.39, 0.29) is 6.10 Å². The lowest BCUT2D eigenvalue weighted by molar-refractivity contribution is 0.145. The van der Waals surface area contributed by atoms with Crippen molar-refractivity contribution in [3.05, 3.63) is 72.3 Å². The number of nitrogens with zero attached hydrogens (tertiary/aromatic N) is 4. The minimum Gasteiger partial charge on any atom is -0.393 e. The topological polar surface area (TPSA) is 53.7 Å². The van der Waals surface area contributed by atoms with Gasteiger partial charge in [0.1, 0.15) is 5.82 Å². The second-order valence-corrected chi connectivity index (χ2v) is 7.75. The second-order valence-electron chi connectivity index (χ2n) is 7.75. The largest absolute Gasteiger partial charge is 0.393 e. The van der Waals surface area contributed by atoms with Crippen molar-refractivity contribution >= 4 is 11.5 Å². The van der Waals surface area contributed by atoms with Crippen LogP contribution in [0.4, 0.5) is 5.82 Å². The quantitative estimate of drug-likeness (QED) is 0.571. The molecule has 1 saturated heterocycles. The molecule has 2 aromatic heterocycles. The van der Waals surface area contributed by atoms with Gasteiger partial charge in [0.05, 0.1) is 17.5 Å². The highest BCUT2D eigenvalue weighted by atomic mass is 16.3. The minimum atomic E-state index is -0.211. The van der Waals surface area contributed by atoms with Gasteiger partial charge in [0.25, 0.3) is 0 Å². The third-order valence-corrected chi connectivity index (χ3v) is 5.58. The number of aliphatic hydroxyl groups excluding tert-OH is 1. The standard InChI is InChI=1S/C24H24N4O/c1-17-6-5-9-19(14-17)22-15-23-25-21(18-7-3-2-4-8-18)16-24(28(23)26-22)27-12-10-20(29)11-13-27/h2-9,14-16,20,29H,10-13H2,1H3. The van der Waals surface area contributed by atoms with Crippen molar-refractivity contribution in [2.75, 3.05) is 18.0 Å². The van der Waals surface area contributed by atoms with Crippen LogP contribution in [0.1, 0.15) is 18.4 Å². The molecule has 5 nitrogen and oxygen atoms in total. The molecule has 2 aromatic carbocycles. The molecule has 5 heteroatoms. The van der Waals surface area contributed by atoms with Crippen LogP contribution >= 0.6 is 0 Å². The molecule has 0 radical (unpaired) electrons. The highest BCUT2D eigenvalue weighted by molar-refractivity contribution is 5.71. The van der Waals surface area contributed by atoms with E-state index in [1.54, 1.807) is 0 Å². The first-order valence-electron chi connectivity index (χ1n) is 10.1. The molecular formula is C24H24N4O. The number of rotatable bonds is 3. The minimum absolute atomic E-state index is 0.211. The fourth-order valence-corrected chi connectivity index (χ4v) is 3.98. The van der Waals surface area contributed by atoms with Crippen LogP contribution in [0.25, 0.3) is 28.2 Å². The fraction of sp³-hybridized carbons (Fsp3) is 0.250. The zero-order valence-corrected chi connectivity index (χ0v) is 16.5. The zero-order chi connectivity index (χ0) is 19.8. The van der Waals surface area contributed by atoms with Crippen molar-refractivity contribution in [1.29, 1.82) is 0 Å². The summed E-state index contributed by atoms with van der Waals surface area (Å²) in [5, 5.41) is 14.8. The number of hydrogen-bond donors (Lipinski definition) is 1. The number of hydrogen-bond acceptors (Lipinski definition) is 4. The Morgan fingerprint density at radius 2 is 1.62 bits per heavy atom. The van der Waals surface area contributed by atoms with Gasteiger partial charge in [0.2, 0.25) is 0 Å². The van der Waals surface area contributed by atoms with Gasteiger partial charge >= 0.3 is 0 Å². The molecule has 1 fully saturated rings. The van der Waals surface area contributed by atoms with Gasteiger partial charge in [-0.05, 0) is 25.8 Å². The van der Waals surface area contributed by atoms with Gasteiger partial charge in [0.15, 0.2) is 5.65 Å². The summed E-state index contributed by atoms with van der Waals surface area (Å²) >= 11 is 0. The van der Waals surface area contributed by atoms with Crippen molar-refractivity contribution < 1.29 is 5.11 Å². The van der Waals surface area contributed by atoms with E-state index in [4.69, 9.17) is 10.1 Å². The normalized spacial score (nSPS) is 15.2. The van der Waals surface area contributed by atoms with E-state index >= 15 is 0 Å². The third kappa shape index (κ3) is 3.49. The average Bonchev–Trinajstić information content (AvgIpc) is 3.19. The Hall–Kier alpha value is -3.18. The van der Waals surface area contributed by atoms with Crippen LogP contribution < -0.4 is 4.90 Å². The molecule has 3 heterocycles. The van der Waals surface area contributed by atoms with Crippen molar-refractivity contribution in [3.8, 4) is 22.5 Å². The first kappa shape index (κ1) is 17.9. The lowest BCUT2D eigenvalue weighted by atomic mass is 10.1. The maximum Gasteiger partial charge on any atom is 0.158 e. The van der Waals surface area contributed by atoms with Crippen LogP contribution in [0.15, 0.2) is 66.7 Å². The maximum absolute atomic E-state index is 9.94. The van der Waals surface area contributed by atoms with Crippen molar-refractivity contribution in [1.82, 2.24) is 14.6 Å². The first-order valence-corrected chi connectivity index (χ1v) is 10.1. The second kappa shape index (κ2) is 7.33. The van der Waals surface area contributed by atoms with Crippen LogP contribution in [0.3, 0.4) is 0 Å². The number of anilines is 1. The summed E-state index contributed by atoms with van der Waals surface area (Å²) in [6.45, 7) is 3.72. The Kier molecular flexibility index (Phi) is 4.52. The number of fused-ring (bicyclic) bond motifs is 1. The van der Waals surface area contributed by atoms with Gasteiger partial charge in [-0.1, -0.05) is 54.1 Å². The van der Waals surface area contributed by atoms with Gasteiger partial charge in [-0.2, -0.15) is 9.61 Å². The number of benzene rings is 2. The van der Waals surface area contributed by atoms with Gasteiger partial charge < -0.3 is 10.0 Å². The molecule has 1 aliphatic heterocycles. The van der Waals surface area contributed by atoms with Gasteiger partial charge in [0, 0.05) is 36.3 Å². The van der Waals surface area contributed by atoms with E-state index in [1.807, 2.05) is 22.7 Å². The summed E-state index contributed by atoms with van der Waals surface area (Å²) in [7, 11) is 0. The molecular weight excluding hydrogens is 360 g/mol. The maximum atomic E-state index is 9.94. The molecule has 1 N–H and O–H groups in total. The monoisotopic (exact) mass is 384 g/mol. The third-order valence-electron chi connectivity index (χ3n) is 5.58. The highest BCUT2D eigenvalue weighted by Gasteiger charge is 2.21. The van der Waals surface area contributed by atoms with E-state index in [2.05, 4.69) is 60.4 Å². The Bertz CT molecular complexity index is 1140. The summed E-state index contributed by atoms with van der Waals surface area (Å²) in [6, 6.07) is 22.8. The Morgan fingerprint density at radius 3 is 2.38 bits per heavy atom. The number of piperidine rings is 1. The van der Waals surface area contributed by atoms with Crippen LogP contribution in [-0.2, 0) is 0 Å². The predicted molar refractivity (Wildman–Crippen MR) is 116 cm³/mol. The molecule has 0 aliphatic carbocycles. The lowest BCUT2D eigenvalue weighted by Crippen LogP contribution is -2.37. The van der Waals surface area contributed by atoms with Crippen molar-refractivity contribution in [2.45, 2.75) is 25.9 Å². The molecule has 0 atom stereocenters. The van der Waals surface area contributed by atoms with Crippen LogP contribution in [-0.4, -0.2) is 38.9 Å². The van der Waals surface area contributed by atoms with E-state index in [0.29, 0.717) is 0 Å². The highest BCUT2D eigenvalue weighted by Crippen LogP contribution is 2.29. The molecule has 29 heavy (non-hydrogen) atoms. The Labute approximate surface area is 170 Å². The van der Waals surface area contributed by atoms with E-state index in [9.17, 15) is 5.11 Å². The van der Waals surface area contributed by atoms with E-state index < -0.39 is 0 Å². The predicted octanol–water partition coefficient (Wildman–Crippen LogP) is 4.33. The lowest BCUT2D eigenvalue weighted by Gasteiger charge is -2.31. The van der Waals surface area contributed by atoms with Crippen molar-refractivity contribution in [2.24, 2.45) is 0 Å². The summed E-state index contributed by atoms with van der Waals surface area (Å²) in [4.78, 5) is 7.22. The summed E-state index contributed by atoms with van der Waals surface area (Å²) < 4.78 is 1.95. The molecule has 5 rings (SSSR count). The summed E-state index contributed by atoms with van der Waals surface area (Å²) in [6.07, 6.45) is 1.34. The molecule has 0 saturated carbocycles. The average molecular weight is 384 g/mol. The first-order chi connectivity index (χ1) is 14.2. The molecule has 0 unspecified atom stereocenters. The number of aliphatic hydroxyl groups is 1. The zero-order valence-electron chi connectivity index (χ0n) is 16.5. The summed E-state index contributed by atoms with van der Waals surface area (Å²) in [5.41, 5.74) is 6.09. The van der Waals surface area contributed by atoms with E-state index in [1.165, 1.54) is 5.56 Å². The smallest absolute Gasteiger partial charge is 0.158 e. The fourth-order valence-electron chi connectivity index (χ4n) is 3.98. The molecule has 0 amide bonds. The molecule has 1 aliphatic rings.